The van der Waals surface area contributed by atoms with Crippen LogP contribution in [-0.4, -0.2) is 49.5 Å². The van der Waals surface area contributed by atoms with Crippen LogP contribution in [0, 0.1) is 0 Å². The molecule has 0 bridgehead atoms. The third-order valence-electron chi connectivity index (χ3n) is 1.65. The first kappa shape index (κ1) is 11.7. The monoisotopic (exact) mass is 168 g/mol. The Morgan fingerprint density at radius 3 is 0.909 bits per heavy atom. The molecule has 0 unspecified atom stereocenters. The normalized spacial score (nSPS) is 21.8. The van der Waals surface area contributed by atoms with Gasteiger partial charge < -0.3 is 9.47 Å². The molecule has 2 heterocycles. The molecule has 0 aliphatic carbocycles. The summed E-state index contributed by atoms with van der Waals surface area (Å²) in [6, 6.07) is 0. The lowest BCUT2D eigenvalue weighted by Crippen LogP contribution is -1.74. The molecular formula is C8H16MgO2. The van der Waals surface area contributed by atoms with Gasteiger partial charge in [0.1, 0.15) is 0 Å². The Labute approximate surface area is 84.8 Å². The van der Waals surface area contributed by atoms with Crippen molar-refractivity contribution in [1.29, 1.82) is 0 Å². The van der Waals surface area contributed by atoms with E-state index < -0.39 is 0 Å². The highest BCUT2D eigenvalue weighted by Gasteiger charge is 1.95. The molecule has 2 aliphatic heterocycles. The Hall–Kier alpha value is 0.686. The van der Waals surface area contributed by atoms with Gasteiger partial charge in [0, 0.05) is 49.5 Å². The topological polar surface area (TPSA) is 18.5 Å². The van der Waals surface area contributed by atoms with Gasteiger partial charge in [0.15, 0.2) is 0 Å². The van der Waals surface area contributed by atoms with Crippen LogP contribution in [0.4, 0.5) is 0 Å². The van der Waals surface area contributed by atoms with Crippen LogP contribution in [0.5, 0.6) is 0 Å². The molecule has 0 aromatic heterocycles. The van der Waals surface area contributed by atoms with Crippen LogP contribution in [-0.2, 0) is 9.47 Å². The lowest BCUT2D eigenvalue weighted by Gasteiger charge is -1.76. The summed E-state index contributed by atoms with van der Waals surface area (Å²) < 4.78 is 9.89. The van der Waals surface area contributed by atoms with Gasteiger partial charge in [0.05, 0.1) is 0 Å². The molecular weight excluding hydrogens is 152 g/mol. The van der Waals surface area contributed by atoms with Crippen LogP contribution in [0.15, 0.2) is 0 Å². The van der Waals surface area contributed by atoms with E-state index in [9.17, 15) is 0 Å². The summed E-state index contributed by atoms with van der Waals surface area (Å²) >= 11 is 0. The van der Waals surface area contributed by atoms with Crippen molar-refractivity contribution in [3.63, 3.8) is 0 Å². The molecule has 2 radical (unpaired) electrons. The maximum Gasteiger partial charge on any atom is 0.0466 e. The van der Waals surface area contributed by atoms with Crippen LogP contribution < -0.4 is 0 Å². The van der Waals surface area contributed by atoms with Crippen molar-refractivity contribution in [3.05, 3.63) is 0 Å². The van der Waals surface area contributed by atoms with Crippen molar-refractivity contribution in [2.24, 2.45) is 0 Å². The lowest BCUT2D eigenvalue weighted by molar-refractivity contribution is 0.198. The average Bonchev–Trinajstić information content (AvgIpc) is 2.67. The Balaban J connectivity index is 0.000000167. The molecule has 2 aliphatic rings. The molecule has 2 nitrogen and oxygen atoms in total. The molecule has 0 saturated carbocycles. The molecule has 0 N–H and O–H groups in total. The Kier molecular flexibility index (Phi) is 9.33. The Bertz CT molecular complexity index is 45.3. The minimum Gasteiger partial charge on any atom is -0.381 e. The molecule has 3 heteroatoms. The molecule has 11 heavy (non-hydrogen) atoms. The molecule has 0 aromatic rings. The van der Waals surface area contributed by atoms with Crippen LogP contribution in [0.1, 0.15) is 25.7 Å². The number of hydrogen-bond acceptors (Lipinski definition) is 2. The first-order valence-electron chi connectivity index (χ1n) is 4.15. The van der Waals surface area contributed by atoms with Gasteiger partial charge in [-0.1, -0.05) is 0 Å². The van der Waals surface area contributed by atoms with E-state index in [1.165, 1.54) is 25.7 Å². The van der Waals surface area contributed by atoms with Crippen LogP contribution in [0.3, 0.4) is 0 Å². The average molecular weight is 169 g/mol. The Morgan fingerprint density at radius 1 is 0.545 bits per heavy atom. The first-order chi connectivity index (χ1) is 5.00. The lowest BCUT2D eigenvalue weighted by atomic mass is 10.4. The largest absolute Gasteiger partial charge is 0.381 e. The van der Waals surface area contributed by atoms with Crippen molar-refractivity contribution in [2.45, 2.75) is 25.7 Å². The van der Waals surface area contributed by atoms with Crippen LogP contribution in [0.2, 0.25) is 0 Å². The summed E-state index contributed by atoms with van der Waals surface area (Å²) in [5, 5.41) is 0. The summed E-state index contributed by atoms with van der Waals surface area (Å²) in [6.45, 7) is 4.00. The molecule has 0 aromatic carbocycles. The van der Waals surface area contributed by atoms with Crippen molar-refractivity contribution in [1.82, 2.24) is 0 Å². The van der Waals surface area contributed by atoms with E-state index in [0.717, 1.165) is 26.4 Å². The quantitative estimate of drug-likeness (QED) is 0.507. The minimum atomic E-state index is 0. The molecule has 2 rings (SSSR count). The molecule has 0 atom stereocenters. The zero-order valence-corrected chi connectivity index (χ0v) is 8.59. The summed E-state index contributed by atoms with van der Waals surface area (Å²) in [5.41, 5.74) is 0. The van der Waals surface area contributed by atoms with E-state index in [0.29, 0.717) is 0 Å². The van der Waals surface area contributed by atoms with Gasteiger partial charge in [0.25, 0.3) is 0 Å². The van der Waals surface area contributed by atoms with E-state index in [-0.39, 0.29) is 23.1 Å². The fraction of sp³-hybridized carbons (Fsp3) is 1.00. The maximum absolute atomic E-state index is 4.94. The molecule has 2 saturated heterocycles. The highest BCUT2D eigenvalue weighted by molar-refractivity contribution is 5.75. The van der Waals surface area contributed by atoms with Gasteiger partial charge in [-0.05, 0) is 25.7 Å². The molecule has 0 amide bonds. The van der Waals surface area contributed by atoms with Gasteiger partial charge in [-0.25, -0.2) is 0 Å². The summed E-state index contributed by atoms with van der Waals surface area (Å²) in [6.07, 6.45) is 5.11. The van der Waals surface area contributed by atoms with E-state index in [1.807, 2.05) is 0 Å². The number of rotatable bonds is 0. The van der Waals surface area contributed by atoms with Gasteiger partial charge in [-0.2, -0.15) is 0 Å². The highest BCUT2D eigenvalue weighted by atomic mass is 24.3. The minimum absolute atomic E-state index is 0. The van der Waals surface area contributed by atoms with Gasteiger partial charge in [-0.15, -0.1) is 0 Å². The molecule has 0 spiro atoms. The fourth-order valence-corrected chi connectivity index (χ4v) is 1.02. The molecule has 2 fully saturated rings. The van der Waals surface area contributed by atoms with Gasteiger partial charge in [0.2, 0.25) is 0 Å². The van der Waals surface area contributed by atoms with Crippen molar-refractivity contribution < 1.29 is 9.47 Å². The van der Waals surface area contributed by atoms with Gasteiger partial charge >= 0.3 is 0 Å². The second-order valence-electron chi connectivity index (χ2n) is 2.64. The number of ether oxygens (including phenoxy) is 2. The second-order valence-corrected chi connectivity index (χ2v) is 2.64. The summed E-state index contributed by atoms with van der Waals surface area (Å²) in [7, 11) is 0. The van der Waals surface area contributed by atoms with E-state index >= 15 is 0 Å². The van der Waals surface area contributed by atoms with Crippen molar-refractivity contribution in [2.75, 3.05) is 26.4 Å². The maximum atomic E-state index is 4.94. The van der Waals surface area contributed by atoms with E-state index in [2.05, 4.69) is 0 Å². The highest BCUT2D eigenvalue weighted by Crippen LogP contribution is 1.98. The standard InChI is InChI=1S/2C4H8O.Mg/c2*1-2-4-5-3-1;/h2*1-4H2;. The Morgan fingerprint density at radius 2 is 0.818 bits per heavy atom. The zero-order valence-electron chi connectivity index (χ0n) is 7.18. The van der Waals surface area contributed by atoms with Gasteiger partial charge in [-0.3, -0.25) is 0 Å². The van der Waals surface area contributed by atoms with E-state index in [4.69, 9.17) is 9.47 Å². The summed E-state index contributed by atoms with van der Waals surface area (Å²) in [4.78, 5) is 0. The zero-order chi connectivity index (χ0) is 7.07. The SMILES string of the molecule is C1CCOC1.C1CCOC1.[Mg]. The third kappa shape index (κ3) is 7.06. The predicted molar refractivity (Wildman–Crippen MR) is 45.9 cm³/mol. The smallest absolute Gasteiger partial charge is 0.0466 e. The van der Waals surface area contributed by atoms with Crippen molar-refractivity contribution in [3.8, 4) is 0 Å². The van der Waals surface area contributed by atoms with Crippen molar-refractivity contribution >= 4 is 23.1 Å². The second kappa shape index (κ2) is 8.78. The number of hydrogen-bond donors (Lipinski definition) is 0. The predicted octanol–water partition coefficient (Wildman–Crippen LogP) is 1.21. The third-order valence-corrected chi connectivity index (χ3v) is 1.65. The fourth-order valence-electron chi connectivity index (χ4n) is 1.02. The summed E-state index contributed by atoms with van der Waals surface area (Å²) in [5.74, 6) is 0. The van der Waals surface area contributed by atoms with Crippen LogP contribution >= 0.6 is 0 Å². The van der Waals surface area contributed by atoms with E-state index in [1.54, 1.807) is 0 Å². The van der Waals surface area contributed by atoms with Crippen LogP contribution in [0.25, 0.3) is 0 Å². The first-order valence-corrected chi connectivity index (χ1v) is 4.15. The molecule has 62 valence electrons.